The Balaban J connectivity index is 1.70. The molecule has 3 rings (SSSR count). The average Bonchev–Trinajstić information content (AvgIpc) is 3.08. The molecule has 1 aliphatic carbocycles. The summed E-state index contributed by atoms with van der Waals surface area (Å²) in [7, 11) is 0. The van der Waals surface area contributed by atoms with Crippen molar-refractivity contribution < 1.29 is 24.0 Å². The highest BCUT2D eigenvalue weighted by atomic mass is 16.7. The van der Waals surface area contributed by atoms with E-state index in [0.29, 0.717) is 17.9 Å². The van der Waals surface area contributed by atoms with E-state index >= 15 is 0 Å². The number of benzene rings is 1. The molecule has 114 valence electrons. The largest absolute Gasteiger partial charge is 0.369 e. The van der Waals surface area contributed by atoms with Crippen molar-refractivity contribution in [2.75, 3.05) is 0 Å². The molecular weight excluding hydrogens is 288 g/mol. The molecule has 1 aromatic carbocycles. The highest BCUT2D eigenvalue weighted by molar-refractivity contribution is 6.20. The lowest BCUT2D eigenvalue weighted by Gasteiger charge is -2.15. The number of hydrogen-bond donors (Lipinski definition) is 1. The quantitative estimate of drug-likeness (QED) is 0.825. The second-order valence-corrected chi connectivity index (χ2v) is 5.47. The maximum absolute atomic E-state index is 12.1. The van der Waals surface area contributed by atoms with Crippen molar-refractivity contribution in [1.29, 1.82) is 0 Å². The molecule has 0 unspecified atom stereocenters. The molecule has 7 nitrogen and oxygen atoms in total. The Morgan fingerprint density at radius 3 is 2.09 bits per heavy atom. The van der Waals surface area contributed by atoms with Gasteiger partial charge >= 0.3 is 5.97 Å². The number of hydroxylamine groups is 2. The van der Waals surface area contributed by atoms with Gasteiger partial charge in [-0.15, -0.1) is 0 Å². The lowest BCUT2D eigenvalue weighted by atomic mass is 10.1. The van der Waals surface area contributed by atoms with Gasteiger partial charge in [0, 0.05) is 5.92 Å². The van der Waals surface area contributed by atoms with Gasteiger partial charge in [0.15, 0.2) is 0 Å². The second kappa shape index (κ2) is 5.25. The monoisotopic (exact) mass is 302 g/mol. The highest BCUT2D eigenvalue weighted by Crippen LogP contribution is 2.32. The van der Waals surface area contributed by atoms with Gasteiger partial charge in [0.05, 0.1) is 17.0 Å². The maximum atomic E-state index is 12.1. The van der Waals surface area contributed by atoms with E-state index in [1.807, 2.05) is 0 Å². The van der Waals surface area contributed by atoms with Gasteiger partial charge in [-0.05, 0) is 31.4 Å². The minimum atomic E-state index is -0.682. The van der Waals surface area contributed by atoms with Gasteiger partial charge in [-0.2, -0.15) is 0 Å². The molecular formula is C15H14N2O5. The van der Waals surface area contributed by atoms with Crippen LogP contribution in [-0.4, -0.2) is 28.8 Å². The van der Waals surface area contributed by atoms with E-state index in [1.54, 1.807) is 12.1 Å². The van der Waals surface area contributed by atoms with Crippen LogP contribution in [0.25, 0.3) is 0 Å². The first-order chi connectivity index (χ1) is 10.5. The normalized spacial score (nSPS) is 23.5. The highest BCUT2D eigenvalue weighted by Gasteiger charge is 2.41. The third-order valence-corrected chi connectivity index (χ3v) is 4.11. The predicted molar refractivity (Wildman–Crippen MR) is 73.1 cm³/mol. The molecule has 0 radical (unpaired) electrons. The number of rotatable bonds is 3. The third kappa shape index (κ3) is 2.24. The summed E-state index contributed by atoms with van der Waals surface area (Å²) in [5, 5.41) is 0.491. The molecule has 1 aliphatic heterocycles. The number of nitrogens with two attached hydrogens (primary N) is 1. The lowest BCUT2D eigenvalue weighted by Crippen LogP contribution is -2.35. The van der Waals surface area contributed by atoms with Gasteiger partial charge in [0.2, 0.25) is 5.91 Å². The molecule has 0 saturated heterocycles. The maximum Gasteiger partial charge on any atom is 0.336 e. The van der Waals surface area contributed by atoms with E-state index in [1.165, 1.54) is 12.1 Å². The first kappa shape index (κ1) is 14.2. The van der Waals surface area contributed by atoms with Crippen molar-refractivity contribution in [2.24, 2.45) is 17.6 Å². The van der Waals surface area contributed by atoms with Crippen molar-refractivity contribution in [3.8, 4) is 0 Å². The average molecular weight is 302 g/mol. The van der Waals surface area contributed by atoms with Crippen molar-refractivity contribution in [1.82, 2.24) is 5.06 Å². The smallest absolute Gasteiger partial charge is 0.336 e. The second-order valence-electron chi connectivity index (χ2n) is 5.47. The van der Waals surface area contributed by atoms with Gasteiger partial charge in [-0.3, -0.25) is 14.4 Å². The molecule has 0 bridgehead atoms. The van der Waals surface area contributed by atoms with E-state index < -0.39 is 29.6 Å². The summed E-state index contributed by atoms with van der Waals surface area (Å²) in [5.74, 6) is -3.33. The first-order valence-electron chi connectivity index (χ1n) is 6.98. The summed E-state index contributed by atoms with van der Waals surface area (Å²) in [4.78, 5) is 52.4. The van der Waals surface area contributed by atoms with Gasteiger partial charge in [-0.25, -0.2) is 4.79 Å². The molecule has 22 heavy (non-hydrogen) atoms. The number of nitrogens with zero attached hydrogens (tertiary/aromatic N) is 1. The summed E-state index contributed by atoms with van der Waals surface area (Å²) < 4.78 is 0. The van der Waals surface area contributed by atoms with E-state index in [9.17, 15) is 19.2 Å². The van der Waals surface area contributed by atoms with E-state index in [2.05, 4.69) is 0 Å². The Hall–Kier alpha value is -2.70. The Morgan fingerprint density at radius 1 is 1.05 bits per heavy atom. The Labute approximate surface area is 126 Å². The van der Waals surface area contributed by atoms with Crippen molar-refractivity contribution >= 4 is 23.7 Å². The molecule has 0 aromatic heterocycles. The minimum Gasteiger partial charge on any atom is -0.369 e. The molecule has 2 N–H and O–H groups in total. The van der Waals surface area contributed by atoms with E-state index in [4.69, 9.17) is 10.6 Å². The van der Waals surface area contributed by atoms with Gasteiger partial charge < -0.3 is 10.6 Å². The van der Waals surface area contributed by atoms with Crippen molar-refractivity contribution in [2.45, 2.75) is 19.3 Å². The van der Waals surface area contributed by atoms with Crippen LogP contribution in [0.2, 0.25) is 0 Å². The zero-order valence-corrected chi connectivity index (χ0v) is 11.7. The molecule has 1 saturated carbocycles. The van der Waals surface area contributed by atoms with Crippen LogP contribution in [0.15, 0.2) is 24.3 Å². The Kier molecular flexibility index (Phi) is 3.40. The molecule has 3 amide bonds. The lowest BCUT2D eigenvalue weighted by molar-refractivity contribution is -0.173. The standard InChI is InChI=1S/C15H14N2O5/c16-12(18)8-5-6-9(7-8)15(21)22-17-13(19)10-3-1-2-4-11(10)14(17)20/h1-4,8-9H,5-7H2,(H2,16,18)/t8-,9+/m1/s1. The minimum absolute atomic E-state index is 0.210. The third-order valence-electron chi connectivity index (χ3n) is 4.11. The fourth-order valence-electron chi connectivity index (χ4n) is 2.87. The number of carbonyl (C=O) groups excluding carboxylic acids is 4. The fourth-order valence-corrected chi connectivity index (χ4v) is 2.87. The zero-order valence-electron chi connectivity index (χ0n) is 11.7. The molecule has 1 fully saturated rings. The number of carbonyl (C=O) groups is 4. The molecule has 2 atom stereocenters. The zero-order chi connectivity index (χ0) is 15.9. The topological polar surface area (TPSA) is 107 Å². The van der Waals surface area contributed by atoms with Crippen LogP contribution in [0.3, 0.4) is 0 Å². The van der Waals surface area contributed by atoms with Crippen LogP contribution in [0.5, 0.6) is 0 Å². The summed E-state index contributed by atoms with van der Waals surface area (Å²) in [6.07, 6.45) is 1.25. The van der Waals surface area contributed by atoms with Gasteiger partial charge in [0.1, 0.15) is 0 Å². The Bertz CT molecular complexity index is 649. The van der Waals surface area contributed by atoms with E-state index in [-0.39, 0.29) is 23.5 Å². The van der Waals surface area contributed by atoms with Crippen LogP contribution in [0.1, 0.15) is 40.0 Å². The molecule has 2 aliphatic rings. The predicted octanol–water partition coefficient (Wildman–Crippen LogP) is 0.642. The fraction of sp³-hybridized carbons (Fsp3) is 0.333. The van der Waals surface area contributed by atoms with Crippen molar-refractivity contribution in [3.05, 3.63) is 35.4 Å². The van der Waals surface area contributed by atoms with Crippen LogP contribution < -0.4 is 5.73 Å². The summed E-state index contributed by atoms with van der Waals surface area (Å²) >= 11 is 0. The van der Waals surface area contributed by atoms with Crippen LogP contribution in [0, 0.1) is 11.8 Å². The van der Waals surface area contributed by atoms with Gasteiger partial charge in [0.25, 0.3) is 11.8 Å². The SMILES string of the molecule is NC(=O)[C@@H]1CC[C@H](C(=O)ON2C(=O)c3ccccc3C2=O)C1. The first-order valence-corrected chi connectivity index (χ1v) is 6.98. The summed E-state index contributed by atoms with van der Waals surface area (Å²) in [5.41, 5.74) is 5.64. The number of fused-ring (bicyclic) bond motifs is 1. The number of amides is 3. The van der Waals surface area contributed by atoms with Gasteiger partial charge in [-0.1, -0.05) is 17.2 Å². The summed E-state index contributed by atoms with van der Waals surface area (Å²) in [6.45, 7) is 0. The van der Waals surface area contributed by atoms with Crippen LogP contribution >= 0.6 is 0 Å². The molecule has 1 aromatic rings. The number of primary amides is 1. The van der Waals surface area contributed by atoms with E-state index in [0.717, 1.165) is 0 Å². The van der Waals surface area contributed by atoms with Crippen molar-refractivity contribution in [3.63, 3.8) is 0 Å². The number of hydrogen-bond acceptors (Lipinski definition) is 5. The Morgan fingerprint density at radius 2 is 1.59 bits per heavy atom. The molecule has 7 heteroatoms. The van der Waals surface area contributed by atoms with Crippen LogP contribution in [-0.2, 0) is 14.4 Å². The summed E-state index contributed by atoms with van der Waals surface area (Å²) in [6, 6.07) is 6.26. The number of imide groups is 1. The molecule has 1 heterocycles. The molecule has 0 spiro atoms. The van der Waals surface area contributed by atoms with Crippen LogP contribution in [0.4, 0.5) is 0 Å².